The Morgan fingerprint density at radius 3 is 1.19 bits per heavy atom. The molecule has 0 heterocycles. The molecule has 1 rings (SSSR count). The molecule has 0 aliphatic carbocycles. The van der Waals surface area contributed by atoms with E-state index in [1.165, 1.54) is 24.0 Å². The van der Waals surface area contributed by atoms with Gasteiger partial charge in [0, 0.05) is 0 Å². The lowest BCUT2D eigenvalue weighted by molar-refractivity contribution is 1.16. The van der Waals surface area contributed by atoms with Crippen LogP contribution < -0.4 is 0 Å². The summed E-state index contributed by atoms with van der Waals surface area (Å²) in [7, 11) is 0. The Hall–Kier alpha value is -1.04. The van der Waals surface area contributed by atoms with Crippen LogP contribution in [0.15, 0.2) is 36.4 Å². The van der Waals surface area contributed by atoms with Crippen molar-refractivity contribution in [1.29, 1.82) is 0 Å². The molecule has 0 saturated heterocycles. The van der Waals surface area contributed by atoms with E-state index in [4.69, 9.17) is 0 Å². The summed E-state index contributed by atoms with van der Waals surface area (Å²) in [4.78, 5) is 0. The summed E-state index contributed by atoms with van der Waals surface area (Å²) in [5.41, 5.74) is 2.66. The van der Waals surface area contributed by atoms with E-state index in [9.17, 15) is 0 Å². The molecule has 0 spiro atoms. The van der Waals surface area contributed by atoms with Gasteiger partial charge < -0.3 is 0 Å². The fraction of sp³-hybridized carbons (Fsp3) is 0.500. The predicted molar refractivity (Wildman–Crippen MR) is 77.0 cm³/mol. The second-order valence-electron chi connectivity index (χ2n) is 3.44. The maximum atomic E-state index is 2.18. The van der Waals surface area contributed by atoms with E-state index in [1.807, 2.05) is 13.8 Å². The van der Waals surface area contributed by atoms with Crippen LogP contribution in [0.3, 0.4) is 0 Å². The van der Waals surface area contributed by atoms with Crippen LogP contribution in [0.25, 0.3) is 0 Å². The lowest BCUT2D eigenvalue weighted by atomic mass is 10.2. The number of benzene rings is 1. The van der Waals surface area contributed by atoms with Gasteiger partial charge in [0.25, 0.3) is 0 Å². The van der Waals surface area contributed by atoms with Gasteiger partial charge in [0.1, 0.15) is 0 Å². The molecule has 0 aromatic heterocycles. The molecule has 16 heavy (non-hydrogen) atoms. The highest BCUT2D eigenvalue weighted by Gasteiger charge is 1.79. The zero-order valence-corrected chi connectivity index (χ0v) is 11.9. The smallest absolute Gasteiger partial charge is 0.0379 e. The minimum absolute atomic E-state index is 1.17. The van der Waals surface area contributed by atoms with Gasteiger partial charge in [-0.25, -0.2) is 0 Å². The molecule has 0 amide bonds. The molecule has 92 valence electrons. The molecule has 0 unspecified atom stereocenters. The molecule has 0 atom stereocenters. The monoisotopic (exact) mass is 220 g/mol. The quantitative estimate of drug-likeness (QED) is 0.561. The van der Waals surface area contributed by atoms with Crippen molar-refractivity contribution >= 4 is 0 Å². The molecule has 0 bridgehead atoms. The van der Waals surface area contributed by atoms with Gasteiger partial charge in [0.05, 0.1) is 0 Å². The maximum Gasteiger partial charge on any atom is -0.0379 e. The molecule has 0 saturated carbocycles. The molecule has 0 fully saturated rings. The number of aryl methyl sites for hydroxylation is 2. The molecule has 1 aromatic rings. The van der Waals surface area contributed by atoms with Crippen molar-refractivity contribution in [2.45, 2.75) is 54.4 Å². The zero-order chi connectivity index (χ0) is 12.8. The number of hydrogen-bond donors (Lipinski definition) is 0. The second-order valence-corrected chi connectivity index (χ2v) is 3.44. The van der Waals surface area contributed by atoms with Crippen LogP contribution in [0, 0.1) is 13.8 Å². The molecule has 0 N–H and O–H groups in total. The standard InChI is InChI=1S/C8H10.C6H12.C2H6/c1-7-3-5-8(2)6-4-7;1-3-5-6-4-2;1-2/h3-6H,1-2H3;5-6H,3-4H2,1-2H3;1-2H3/b;6-5-;. The molecule has 0 aliphatic rings. The van der Waals surface area contributed by atoms with Crippen molar-refractivity contribution in [2.75, 3.05) is 0 Å². The highest BCUT2D eigenvalue weighted by atomic mass is 13.9. The Morgan fingerprint density at radius 1 is 0.750 bits per heavy atom. The summed E-state index contributed by atoms with van der Waals surface area (Å²) >= 11 is 0. The van der Waals surface area contributed by atoms with Gasteiger partial charge in [-0.1, -0.05) is 75.2 Å². The Kier molecular flexibility index (Phi) is 15.1. The lowest BCUT2D eigenvalue weighted by Crippen LogP contribution is -1.70. The first kappa shape index (κ1) is 17.4. The van der Waals surface area contributed by atoms with Gasteiger partial charge >= 0.3 is 0 Å². The van der Waals surface area contributed by atoms with E-state index >= 15 is 0 Å². The Morgan fingerprint density at radius 2 is 1.00 bits per heavy atom. The summed E-state index contributed by atoms with van der Waals surface area (Å²) in [5.74, 6) is 0. The lowest BCUT2D eigenvalue weighted by Gasteiger charge is -1.90. The van der Waals surface area contributed by atoms with Crippen LogP contribution in [0.2, 0.25) is 0 Å². The summed E-state index contributed by atoms with van der Waals surface area (Å²) in [5, 5.41) is 0. The maximum absolute atomic E-state index is 2.18. The van der Waals surface area contributed by atoms with Crippen molar-refractivity contribution in [3.05, 3.63) is 47.5 Å². The second kappa shape index (κ2) is 14.0. The van der Waals surface area contributed by atoms with Crippen LogP contribution in [0.5, 0.6) is 0 Å². The van der Waals surface area contributed by atoms with Gasteiger partial charge in [0.2, 0.25) is 0 Å². The summed E-state index contributed by atoms with van der Waals surface area (Å²) in [6.45, 7) is 12.5. The Balaban J connectivity index is 0. The zero-order valence-electron chi connectivity index (χ0n) is 11.9. The van der Waals surface area contributed by atoms with E-state index in [-0.39, 0.29) is 0 Å². The largest absolute Gasteiger partial charge is 0.0888 e. The average Bonchev–Trinajstić information content (AvgIpc) is 2.34. The van der Waals surface area contributed by atoms with E-state index < -0.39 is 0 Å². The first-order valence-electron chi connectivity index (χ1n) is 6.39. The van der Waals surface area contributed by atoms with Crippen LogP contribution in [0.1, 0.15) is 51.7 Å². The van der Waals surface area contributed by atoms with Gasteiger partial charge in [-0.15, -0.1) is 0 Å². The molecule has 0 nitrogen and oxygen atoms in total. The van der Waals surface area contributed by atoms with Crippen molar-refractivity contribution in [2.24, 2.45) is 0 Å². The van der Waals surface area contributed by atoms with E-state index in [1.54, 1.807) is 0 Å². The summed E-state index contributed by atoms with van der Waals surface area (Å²) < 4.78 is 0. The average molecular weight is 220 g/mol. The van der Waals surface area contributed by atoms with Crippen LogP contribution in [0.4, 0.5) is 0 Å². The predicted octanol–water partition coefficient (Wildman–Crippen LogP) is 5.69. The minimum atomic E-state index is 1.17. The van der Waals surface area contributed by atoms with E-state index in [0.29, 0.717) is 0 Å². The third kappa shape index (κ3) is 13.0. The third-order valence-corrected chi connectivity index (χ3v) is 1.86. The fourth-order valence-corrected chi connectivity index (χ4v) is 0.970. The van der Waals surface area contributed by atoms with Gasteiger partial charge in [0.15, 0.2) is 0 Å². The summed E-state index contributed by atoms with van der Waals surface area (Å²) in [6.07, 6.45) is 6.71. The Labute approximate surface area is 102 Å². The first-order valence-corrected chi connectivity index (χ1v) is 6.39. The van der Waals surface area contributed by atoms with Gasteiger partial charge in [-0.05, 0) is 26.7 Å². The summed E-state index contributed by atoms with van der Waals surface area (Å²) in [6, 6.07) is 8.48. The van der Waals surface area contributed by atoms with Crippen molar-refractivity contribution in [1.82, 2.24) is 0 Å². The topological polar surface area (TPSA) is 0 Å². The van der Waals surface area contributed by atoms with Crippen LogP contribution >= 0.6 is 0 Å². The Bertz CT molecular complexity index is 214. The SMILES string of the molecule is CC.CC/C=C\CC.Cc1ccc(C)cc1. The minimum Gasteiger partial charge on any atom is -0.0888 e. The van der Waals surface area contributed by atoms with Gasteiger partial charge in [-0.2, -0.15) is 0 Å². The number of rotatable bonds is 2. The first-order chi connectivity index (χ1) is 7.70. The molecule has 0 aliphatic heterocycles. The van der Waals surface area contributed by atoms with E-state index in [2.05, 4.69) is 64.1 Å². The van der Waals surface area contributed by atoms with E-state index in [0.717, 1.165) is 0 Å². The highest BCUT2D eigenvalue weighted by Crippen LogP contribution is 1.99. The molecule has 0 radical (unpaired) electrons. The van der Waals surface area contributed by atoms with Crippen molar-refractivity contribution in [3.63, 3.8) is 0 Å². The van der Waals surface area contributed by atoms with Crippen LogP contribution in [-0.2, 0) is 0 Å². The number of allylic oxidation sites excluding steroid dienone is 2. The number of hydrogen-bond acceptors (Lipinski definition) is 0. The molecular formula is C16H28. The third-order valence-electron chi connectivity index (χ3n) is 1.86. The molecule has 1 aromatic carbocycles. The molecule has 0 heteroatoms. The van der Waals surface area contributed by atoms with Gasteiger partial charge in [-0.3, -0.25) is 0 Å². The van der Waals surface area contributed by atoms with Crippen molar-refractivity contribution < 1.29 is 0 Å². The highest BCUT2D eigenvalue weighted by molar-refractivity contribution is 5.19. The van der Waals surface area contributed by atoms with Crippen molar-refractivity contribution in [3.8, 4) is 0 Å². The normalized spacial score (nSPS) is 8.88. The fourth-order valence-electron chi connectivity index (χ4n) is 0.970. The van der Waals surface area contributed by atoms with Crippen LogP contribution in [-0.4, -0.2) is 0 Å². The molecular weight excluding hydrogens is 192 g/mol.